The second-order valence-electron chi connectivity index (χ2n) is 6.27. The minimum Gasteiger partial charge on any atom is -0.351 e. The van der Waals surface area contributed by atoms with Crippen molar-refractivity contribution in [3.05, 3.63) is 70.8 Å². The molecule has 0 aliphatic rings. The van der Waals surface area contributed by atoms with Gasteiger partial charge in [-0.2, -0.15) is 13.2 Å². The fourth-order valence-corrected chi connectivity index (χ4v) is 2.29. The van der Waals surface area contributed by atoms with E-state index in [0.717, 1.165) is 30.3 Å². The van der Waals surface area contributed by atoms with Gasteiger partial charge in [-0.25, -0.2) is 8.78 Å². The number of amides is 1. The molecule has 2 aromatic carbocycles. The van der Waals surface area contributed by atoms with E-state index in [9.17, 15) is 26.7 Å². The van der Waals surface area contributed by atoms with Crippen LogP contribution in [0.25, 0.3) is 0 Å². The van der Waals surface area contributed by atoms with Gasteiger partial charge in [0.05, 0.1) is 11.1 Å². The van der Waals surface area contributed by atoms with E-state index >= 15 is 0 Å². The summed E-state index contributed by atoms with van der Waals surface area (Å²) in [5.74, 6) is -2.48. The molecule has 0 spiro atoms. The first-order chi connectivity index (χ1) is 11.5. The lowest BCUT2D eigenvalue weighted by atomic mass is 9.83. The summed E-state index contributed by atoms with van der Waals surface area (Å²) in [5, 5.41) is 2.44. The van der Waals surface area contributed by atoms with Gasteiger partial charge in [-0.05, 0) is 29.8 Å². The molecule has 1 amide bonds. The average molecular weight is 357 g/mol. The number of carbonyl (C=O) groups excluding carboxylic acids is 1. The summed E-state index contributed by atoms with van der Waals surface area (Å²) in [7, 11) is 0. The Hall–Kier alpha value is -2.44. The maximum atomic E-state index is 13.6. The summed E-state index contributed by atoms with van der Waals surface area (Å²) in [6.45, 7) is 3.23. The highest BCUT2D eigenvalue weighted by Crippen LogP contribution is 2.32. The zero-order chi connectivity index (χ0) is 18.8. The van der Waals surface area contributed by atoms with Gasteiger partial charge in [-0.15, -0.1) is 0 Å². The Balaban J connectivity index is 2.16. The van der Waals surface area contributed by atoms with Gasteiger partial charge in [-0.3, -0.25) is 4.79 Å². The van der Waals surface area contributed by atoms with Gasteiger partial charge in [0, 0.05) is 12.0 Å². The van der Waals surface area contributed by atoms with Crippen LogP contribution in [0.5, 0.6) is 0 Å². The van der Waals surface area contributed by atoms with Crippen LogP contribution in [0.1, 0.15) is 35.3 Å². The number of hydrogen-bond acceptors (Lipinski definition) is 1. The summed E-state index contributed by atoms with van der Waals surface area (Å²) in [4.78, 5) is 12.0. The molecule has 1 N–H and O–H groups in total. The lowest BCUT2D eigenvalue weighted by molar-refractivity contribution is -0.137. The molecule has 2 aromatic rings. The number of hydrogen-bond donors (Lipinski definition) is 1. The van der Waals surface area contributed by atoms with Crippen molar-refractivity contribution >= 4 is 5.91 Å². The molecule has 0 saturated heterocycles. The molecule has 0 aromatic heterocycles. The van der Waals surface area contributed by atoms with Gasteiger partial charge >= 0.3 is 6.18 Å². The van der Waals surface area contributed by atoms with Crippen molar-refractivity contribution < 1.29 is 26.7 Å². The highest BCUT2D eigenvalue weighted by Gasteiger charge is 2.32. The van der Waals surface area contributed by atoms with Gasteiger partial charge in [0.2, 0.25) is 0 Å². The van der Waals surface area contributed by atoms with Crippen LogP contribution < -0.4 is 5.32 Å². The van der Waals surface area contributed by atoms with Crippen LogP contribution in [-0.4, -0.2) is 12.5 Å². The van der Waals surface area contributed by atoms with Gasteiger partial charge < -0.3 is 5.32 Å². The number of nitrogens with one attached hydrogen (secondary N) is 1. The molecule has 2 nitrogen and oxygen atoms in total. The Morgan fingerprint density at radius 1 is 1.00 bits per heavy atom. The molecule has 0 aliphatic heterocycles. The molecule has 7 heteroatoms. The highest BCUT2D eigenvalue weighted by molar-refractivity contribution is 5.94. The lowest BCUT2D eigenvalue weighted by Crippen LogP contribution is -2.37. The van der Waals surface area contributed by atoms with E-state index in [0.29, 0.717) is 5.56 Å². The number of benzene rings is 2. The Labute approximate surface area is 141 Å². The third-order valence-corrected chi connectivity index (χ3v) is 3.84. The van der Waals surface area contributed by atoms with Crippen molar-refractivity contribution in [1.82, 2.24) is 5.32 Å². The molecule has 0 bridgehead atoms. The molecule has 0 aliphatic carbocycles. The Morgan fingerprint density at radius 3 is 2.28 bits per heavy atom. The van der Waals surface area contributed by atoms with Gasteiger partial charge in [0.1, 0.15) is 11.6 Å². The monoisotopic (exact) mass is 357 g/mol. The van der Waals surface area contributed by atoms with Crippen LogP contribution in [0.2, 0.25) is 0 Å². The lowest BCUT2D eigenvalue weighted by Gasteiger charge is -2.26. The van der Waals surface area contributed by atoms with E-state index in [1.54, 1.807) is 13.8 Å². The summed E-state index contributed by atoms with van der Waals surface area (Å²) in [6.07, 6.45) is -4.47. The molecule has 0 heterocycles. The highest BCUT2D eigenvalue weighted by atomic mass is 19.4. The predicted octanol–water partition coefficient (Wildman–Crippen LogP) is 4.69. The number of alkyl halides is 3. The van der Waals surface area contributed by atoms with E-state index in [1.807, 2.05) is 0 Å². The first kappa shape index (κ1) is 18.9. The normalized spacial score (nSPS) is 12.1. The zero-order valence-corrected chi connectivity index (χ0v) is 13.5. The predicted molar refractivity (Wildman–Crippen MR) is 83.2 cm³/mol. The fourth-order valence-electron chi connectivity index (χ4n) is 2.29. The molecule has 2 rings (SSSR count). The molecule has 0 saturated carbocycles. The van der Waals surface area contributed by atoms with Crippen LogP contribution in [0, 0.1) is 11.6 Å². The average Bonchev–Trinajstić information content (AvgIpc) is 2.54. The van der Waals surface area contributed by atoms with Crippen molar-refractivity contribution in [2.24, 2.45) is 0 Å². The second-order valence-corrected chi connectivity index (χ2v) is 6.27. The van der Waals surface area contributed by atoms with Crippen LogP contribution in [0.15, 0.2) is 42.5 Å². The molecule has 0 atom stereocenters. The van der Waals surface area contributed by atoms with Crippen molar-refractivity contribution in [3.8, 4) is 0 Å². The van der Waals surface area contributed by atoms with Crippen molar-refractivity contribution in [1.29, 1.82) is 0 Å². The van der Waals surface area contributed by atoms with Crippen molar-refractivity contribution in [3.63, 3.8) is 0 Å². The first-order valence-corrected chi connectivity index (χ1v) is 7.42. The molecule has 0 unspecified atom stereocenters. The SMILES string of the molecule is CC(C)(CNC(=O)c1cc(F)ccc1F)c1cccc(C(F)(F)F)c1. The minimum absolute atomic E-state index is 0.0525. The van der Waals surface area contributed by atoms with E-state index in [2.05, 4.69) is 5.32 Å². The van der Waals surface area contributed by atoms with E-state index in [4.69, 9.17) is 0 Å². The molecule has 134 valence electrons. The van der Waals surface area contributed by atoms with Crippen molar-refractivity contribution in [2.45, 2.75) is 25.4 Å². The minimum atomic E-state index is -4.47. The number of carbonyl (C=O) groups is 1. The fraction of sp³-hybridized carbons (Fsp3) is 0.278. The molecular formula is C18H16F5NO. The third kappa shape index (κ3) is 4.55. The van der Waals surface area contributed by atoms with Crippen LogP contribution in [0.3, 0.4) is 0 Å². The zero-order valence-electron chi connectivity index (χ0n) is 13.5. The maximum absolute atomic E-state index is 13.6. The molecule has 0 radical (unpaired) electrons. The Morgan fingerprint density at radius 2 is 1.64 bits per heavy atom. The standard InChI is InChI=1S/C18H16F5NO/c1-17(2,11-4-3-5-12(8-11)18(21,22)23)10-24-16(25)14-9-13(19)6-7-15(14)20/h3-9H,10H2,1-2H3,(H,24,25). The number of halogens is 5. The largest absolute Gasteiger partial charge is 0.416 e. The van der Waals surface area contributed by atoms with Crippen molar-refractivity contribution in [2.75, 3.05) is 6.54 Å². The summed E-state index contributed by atoms with van der Waals surface area (Å²) < 4.78 is 65.2. The molecule has 25 heavy (non-hydrogen) atoms. The topological polar surface area (TPSA) is 29.1 Å². The maximum Gasteiger partial charge on any atom is 0.416 e. The quantitative estimate of drug-likeness (QED) is 0.790. The van der Waals surface area contributed by atoms with E-state index < -0.39 is 40.3 Å². The van der Waals surface area contributed by atoms with Gasteiger partial charge in [-0.1, -0.05) is 32.0 Å². The summed E-state index contributed by atoms with van der Waals surface area (Å²) >= 11 is 0. The van der Waals surface area contributed by atoms with Crippen LogP contribution in [0.4, 0.5) is 22.0 Å². The number of rotatable bonds is 4. The second kappa shape index (κ2) is 6.82. The molecule has 0 fully saturated rings. The van der Waals surface area contributed by atoms with Crippen LogP contribution >= 0.6 is 0 Å². The molecular weight excluding hydrogens is 341 g/mol. The smallest absolute Gasteiger partial charge is 0.351 e. The Kier molecular flexibility index (Phi) is 5.15. The summed E-state index contributed by atoms with van der Waals surface area (Å²) in [6, 6.07) is 7.26. The van der Waals surface area contributed by atoms with E-state index in [1.165, 1.54) is 12.1 Å². The Bertz CT molecular complexity index is 783. The third-order valence-electron chi connectivity index (χ3n) is 3.84. The summed E-state index contributed by atoms with van der Waals surface area (Å²) in [5.41, 5.74) is -1.73. The van der Waals surface area contributed by atoms with Crippen LogP contribution in [-0.2, 0) is 11.6 Å². The first-order valence-electron chi connectivity index (χ1n) is 7.42. The van der Waals surface area contributed by atoms with E-state index in [-0.39, 0.29) is 6.54 Å². The van der Waals surface area contributed by atoms with Gasteiger partial charge in [0.15, 0.2) is 0 Å². The van der Waals surface area contributed by atoms with Gasteiger partial charge in [0.25, 0.3) is 5.91 Å².